The summed E-state index contributed by atoms with van der Waals surface area (Å²) in [6.07, 6.45) is -4.03. The lowest BCUT2D eigenvalue weighted by Gasteiger charge is -2.13. The second-order valence-electron chi connectivity index (χ2n) is 5.26. The monoisotopic (exact) mass is 390 g/mol. The quantitative estimate of drug-likeness (QED) is 0.571. The van der Waals surface area contributed by atoms with Crippen LogP contribution in [0.2, 0.25) is 5.02 Å². The fraction of sp³-hybridized carbons (Fsp3) is 0.235. The first-order chi connectivity index (χ1) is 11.8. The van der Waals surface area contributed by atoms with Crippen molar-refractivity contribution in [2.75, 3.05) is 6.54 Å². The van der Waals surface area contributed by atoms with E-state index in [-0.39, 0.29) is 17.2 Å². The Morgan fingerprint density at radius 3 is 2.36 bits per heavy atom. The molecule has 0 radical (unpaired) electrons. The molecule has 0 amide bonds. The van der Waals surface area contributed by atoms with Crippen LogP contribution in [0.15, 0.2) is 42.5 Å². The third-order valence-corrected chi connectivity index (χ3v) is 3.98. The first-order valence-corrected chi connectivity index (χ1v) is 8.16. The minimum atomic E-state index is -4.72. The summed E-state index contributed by atoms with van der Waals surface area (Å²) in [6, 6.07) is 10.5. The van der Waals surface area contributed by atoms with Crippen molar-refractivity contribution in [3.63, 3.8) is 0 Å². The lowest BCUT2D eigenvalue weighted by atomic mass is 10.1. The van der Waals surface area contributed by atoms with Crippen LogP contribution in [-0.4, -0.2) is 11.7 Å². The maximum Gasteiger partial charge on any atom is 0.419 e. The van der Waals surface area contributed by atoms with Crippen molar-refractivity contribution < 1.29 is 17.6 Å². The molecule has 2 N–H and O–H groups in total. The molecule has 134 valence electrons. The second kappa shape index (κ2) is 8.49. The van der Waals surface area contributed by atoms with Gasteiger partial charge in [0.05, 0.1) is 5.56 Å². The van der Waals surface area contributed by atoms with Crippen LogP contribution in [0.25, 0.3) is 0 Å². The summed E-state index contributed by atoms with van der Waals surface area (Å²) >= 11 is 10.9. The van der Waals surface area contributed by atoms with Crippen LogP contribution in [0.4, 0.5) is 17.6 Å². The number of alkyl halides is 3. The Labute approximate surface area is 153 Å². The van der Waals surface area contributed by atoms with E-state index >= 15 is 0 Å². The van der Waals surface area contributed by atoms with Crippen molar-refractivity contribution >= 4 is 28.9 Å². The largest absolute Gasteiger partial charge is 0.419 e. The van der Waals surface area contributed by atoms with Gasteiger partial charge in [0.25, 0.3) is 0 Å². The van der Waals surface area contributed by atoms with E-state index in [1.165, 1.54) is 12.1 Å². The topological polar surface area (TPSA) is 24.1 Å². The molecular formula is C17H15ClF4N2S. The van der Waals surface area contributed by atoms with Gasteiger partial charge in [0.1, 0.15) is 5.82 Å². The van der Waals surface area contributed by atoms with Crippen LogP contribution >= 0.6 is 23.8 Å². The van der Waals surface area contributed by atoms with Crippen molar-refractivity contribution in [1.82, 2.24) is 10.6 Å². The van der Waals surface area contributed by atoms with Crippen LogP contribution in [0, 0.1) is 5.82 Å². The molecule has 8 heteroatoms. The number of nitrogens with one attached hydrogen (secondary N) is 2. The van der Waals surface area contributed by atoms with Crippen molar-refractivity contribution in [2.24, 2.45) is 0 Å². The van der Waals surface area contributed by atoms with Gasteiger partial charge in [-0.2, -0.15) is 13.2 Å². The third kappa shape index (κ3) is 5.86. The molecular weight excluding hydrogens is 376 g/mol. The lowest BCUT2D eigenvalue weighted by molar-refractivity contribution is -0.140. The highest BCUT2D eigenvalue weighted by atomic mass is 35.5. The summed E-state index contributed by atoms with van der Waals surface area (Å²) in [5.41, 5.74) is -0.325. The molecule has 2 nitrogen and oxygen atoms in total. The van der Waals surface area contributed by atoms with Crippen LogP contribution in [0.3, 0.4) is 0 Å². The van der Waals surface area contributed by atoms with E-state index in [4.69, 9.17) is 23.8 Å². The summed E-state index contributed by atoms with van der Waals surface area (Å²) in [6.45, 7) is 0.390. The molecule has 0 aromatic heterocycles. The Hall–Kier alpha value is -1.86. The number of rotatable bonds is 5. The zero-order valence-electron chi connectivity index (χ0n) is 13.0. The molecule has 2 aromatic carbocycles. The Morgan fingerprint density at radius 1 is 1.04 bits per heavy atom. The molecule has 0 atom stereocenters. The van der Waals surface area contributed by atoms with E-state index in [1.54, 1.807) is 12.1 Å². The van der Waals surface area contributed by atoms with Crippen LogP contribution in [-0.2, 0) is 19.1 Å². The van der Waals surface area contributed by atoms with Gasteiger partial charge in [-0.1, -0.05) is 35.9 Å². The normalized spacial score (nSPS) is 11.2. The van der Waals surface area contributed by atoms with Crippen molar-refractivity contribution in [3.05, 3.63) is 70.0 Å². The van der Waals surface area contributed by atoms with Crippen LogP contribution in [0.5, 0.6) is 0 Å². The summed E-state index contributed by atoms with van der Waals surface area (Å²) in [7, 11) is 0. The molecule has 0 unspecified atom stereocenters. The predicted octanol–water partition coefficient (Wildman–Crippen LogP) is 4.70. The van der Waals surface area contributed by atoms with Crippen LogP contribution in [0.1, 0.15) is 16.7 Å². The SMILES string of the molecule is Fc1c(CNC(=S)NCCc2ccc(Cl)cc2)cccc1C(F)(F)F. The lowest BCUT2D eigenvalue weighted by Crippen LogP contribution is -2.36. The van der Waals surface area contributed by atoms with Crippen molar-refractivity contribution in [1.29, 1.82) is 0 Å². The fourth-order valence-electron chi connectivity index (χ4n) is 2.14. The average Bonchev–Trinajstić information content (AvgIpc) is 2.54. The first kappa shape index (κ1) is 19.5. The Bertz CT molecular complexity index is 732. The van der Waals surface area contributed by atoms with Gasteiger partial charge in [-0.25, -0.2) is 4.39 Å². The average molecular weight is 391 g/mol. The Kier molecular flexibility index (Phi) is 6.61. The Balaban J connectivity index is 1.83. The second-order valence-corrected chi connectivity index (χ2v) is 6.11. The van der Waals surface area contributed by atoms with Gasteiger partial charge in [0.15, 0.2) is 5.11 Å². The molecule has 0 saturated heterocycles. The molecule has 0 bridgehead atoms. The van der Waals surface area contributed by atoms with E-state index in [1.807, 2.05) is 12.1 Å². The van der Waals surface area contributed by atoms with Gasteiger partial charge < -0.3 is 10.6 Å². The molecule has 2 aromatic rings. The number of hydrogen-bond acceptors (Lipinski definition) is 1. The van der Waals surface area contributed by atoms with E-state index in [0.717, 1.165) is 5.56 Å². The number of hydrogen-bond donors (Lipinski definition) is 2. The summed E-state index contributed by atoms with van der Waals surface area (Å²) in [4.78, 5) is 0. The Morgan fingerprint density at radius 2 is 1.72 bits per heavy atom. The molecule has 0 aliphatic rings. The van der Waals surface area contributed by atoms with Gasteiger partial charge in [0.2, 0.25) is 0 Å². The molecule has 0 heterocycles. The molecule has 25 heavy (non-hydrogen) atoms. The zero-order chi connectivity index (χ0) is 18.4. The highest BCUT2D eigenvalue weighted by Crippen LogP contribution is 2.32. The maximum atomic E-state index is 13.9. The van der Waals surface area contributed by atoms with Gasteiger partial charge in [0, 0.05) is 23.7 Å². The third-order valence-electron chi connectivity index (χ3n) is 3.44. The first-order valence-electron chi connectivity index (χ1n) is 7.38. The highest BCUT2D eigenvalue weighted by Gasteiger charge is 2.34. The minimum Gasteiger partial charge on any atom is -0.362 e. The van der Waals surface area contributed by atoms with Gasteiger partial charge >= 0.3 is 6.18 Å². The molecule has 0 fully saturated rings. The summed E-state index contributed by atoms with van der Waals surface area (Å²) < 4.78 is 51.9. The molecule has 0 aliphatic heterocycles. The molecule has 0 aliphatic carbocycles. The zero-order valence-corrected chi connectivity index (χ0v) is 14.5. The van der Waals surface area contributed by atoms with E-state index in [9.17, 15) is 17.6 Å². The fourth-order valence-corrected chi connectivity index (χ4v) is 2.44. The predicted molar refractivity (Wildman–Crippen MR) is 94.0 cm³/mol. The van der Waals surface area contributed by atoms with Crippen LogP contribution < -0.4 is 10.6 Å². The number of thiocarbonyl (C=S) groups is 1. The van der Waals surface area contributed by atoms with Gasteiger partial charge in [-0.05, 0) is 42.4 Å². The number of benzene rings is 2. The van der Waals surface area contributed by atoms with E-state index < -0.39 is 17.6 Å². The summed E-state index contributed by atoms with van der Waals surface area (Å²) in [5.74, 6) is -1.29. The molecule has 2 rings (SSSR count). The van der Waals surface area contributed by atoms with Gasteiger partial charge in [-0.15, -0.1) is 0 Å². The molecule has 0 saturated carbocycles. The maximum absolute atomic E-state index is 13.9. The summed E-state index contributed by atoms with van der Waals surface area (Å²) in [5, 5.41) is 6.52. The van der Waals surface area contributed by atoms with Crippen molar-refractivity contribution in [2.45, 2.75) is 19.1 Å². The van der Waals surface area contributed by atoms with Crippen molar-refractivity contribution in [3.8, 4) is 0 Å². The highest BCUT2D eigenvalue weighted by molar-refractivity contribution is 7.80. The standard InChI is InChI=1S/C17H15ClF4N2S/c18-13-6-4-11(5-7-13)8-9-23-16(25)24-10-12-2-1-3-14(15(12)19)17(20,21)22/h1-7H,8-10H2,(H2,23,24,25). The number of halogens is 5. The van der Waals surface area contributed by atoms with E-state index in [0.29, 0.717) is 24.1 Å². The smallest absolute Gasteiger partial charge is 0.362 e. The molecule has 0 spiro atoms. The van der Waals surface area contributed by atoms with E-state index in [2.05, 4.69) is 10.6 Å². The minimum absolute atomic E-state index is 0.100. The van der Waals surface area contributed by atoms with Gasteiger partial charge in [-0.3, -0.25) is 0 Å².